The Morgan fingerprint density at radius 1 is 1.29 bits per heavy atom. The number of methoxy groups -OCH3 is 1. The molecule has 4 rings (SSSR count). The molecule has 28 heavy (non-hydrogen) atoms. The molecule has 0 saturated carbocycles. The van der Waals surface area contributed by atoms with E-state index in [4.69, 9.17) is 10.5 Å². The van der Waals surface area contributed by atoms with Crippen molar-refractivity contribution >= 4 is 23.2 Å². The van der Waals surface area contributed by atoms with Crippen LogP contribution in [-0.4, -0.2) is 34.5 Å². The number of aromatic amines is 1. The monoisotopic (exact) mass is 386 g/mol. The Hall–Kier alpha value is -3.69. The van der Waals surface area contributed by atoms with Crippen LogP contribution < -0.4 is 21.1 Å². The smallest absolute Gasteiger partial charge is 0.255 e. The lowest BCUT2D eigenvalue weighted by atomic mass is 10.1. The number of carbonyl (C=O) groups is 1. The third kappa shape index (κ3) is 2.88. The van der Waals surface area contributed by atoms with Crippen molar-refractivity contribution in [2.75, 3.05) is 24.7 Å². The van der Waals surface area contributed by atoms with Gasteiger partial charge in [-0.15, -0.1) is 0 Å². The van der Waals surface area contributed by atoms with Crippen LogP contribution in [0.3, 0.4) is 0 Å². The number of nitrogens with two attached hydrogens (primary N) is 1. The molecule has 0 atom stereocenters. The number of carbonyl (C=O) groups excluding carboxylic acids is 1. The molecule has 0 unspecified atom stereocenters. The molecule has 0 spiro atoms. The normalized spacial score (nSPS) is 13.0. The van der Waals surface area contributed by atoms with E-state index in [1.165, 1.54) is 19.2 Å². The number of rotatable bonds is 4. The van der Waals surface area contributed by atoms with Gasteiger partial charge in [-0.3, -0.25) is 4.79 Å². The maximum atomic E-state index is 14.4. The molecule has 3 aromatic rings. The average Bonchev–Trinajstić information content (AvgIpc) is 3.03. The molecule has 1 amide bonds. The minimum absolute atomic E-state index is 0.0395. The molecule has 1 aliphatic heterocycles. The van der Waals surface area contributed by atoms with Gasteiger partial charge >= 0.3 is 0 Å². The highest BCUT2D eigenvalue weighted by atomic mass is 19.1. The Morgan fingerprint density at radius 2 is 2.11 bits per heavy atom. The Kier molecular flexibility index (Phi) is 4.30. The van der Waals surface area contributed by atoms with E-state index < -0.39 is 11.6 Å². The van der Waals surface area contributed by atoms with Crippen molar-refractivity contribution < 1.29 is 18.3 Å². The van der Waals surface area contributed by atoms with Crippen molar-refractivity contribution in [3.63, 3.8) is 0 Å². The molecule has 0 saturated heterocycles. The highest BCUT2D eigenvalue weighted by Gasteiger charge is 2.29. The molecule has 3 heterocycles. The van der Waals surface area contributed by atoms with Crippen LogP contribution in [0.15, 0.2) is 24.4 Å². The summed E-state index contributed by atoms with van der Waals surface area (Å²) in [4.78, 5) is 23.1. The van der Waals surface area contributed by atoms with E-state index in [1.54, 1.807) is 6.07 Å². The number of anilines is 3. The summed E-state index contributed by atoms with van der Waals surface area (Å²) < 4.78 is 33.6. The average molecular weight is 386 g/mol. The molecule has 1 aromatic carbocycles. The zero-order chi connectivity index (χ0) is 19.8. The predicted octanol–water partition coefficient (Wildman–Crippen LogP) is 2.37. The largest absolute Gasteiger partial charge is 0.492 e. The van der Waals surface area contributed by atoms with Gasteiger partial charge in [0.15, 0.2) is 17.4 Å². The summed E-state index contributed by atoms with van der Waals surface area (Å²) in [5.74, 6) is -1.81. The minimum Gasteiger partial charge on any atom is -0.492 e. The van der Waals surface area contributed by atoms with Gasteiger partial charge in [0, 0.05) is 18.7 Å². The second-order valence-electron chi connectivity index (χ2n) is 6.10. The van der Waals surface area contributed by atoms with E-state index >= 15 is 0 Å². The number of amides is 1. The lowest BCUT2D eigenvalue weighted by Gasteiger charge is -2.16. The Balaban J connectivity index is 1.93. The summed E-state index contributed by atoms with van der Waals surface area (Å²) in [5.41, 5.74) is 7.13. The number of nitrogens with zero attached hydrogens (tertiary/aromatic N) is 2. The first-order chi connectivity index (χ1) is 13.5. The van der Waals surface area contributed by atoms with Crippen LogP contribution in [-0.2, 0) is 6.42 Å². The quantitative estimate of drug-likeness (QED) is 0.547. The molecule has 10 heteroatoms. The highest BCUT2D eigenvalue weighted by molar-refractivity contribution is 6.06. The number of hydrogen-bond acceptors (Lipinski definition) is 6. The number of aromatic nitrogens is 3. The molecule has 0 radical (unpaired) electrons. The molecular weight excluding hydrogens is 370 g/mol. The summed E-state index contributed by atoms with van der Waals surface area (Å²) >= 11 is 0. The van der Waals surface area contributed by atoms with Crippen LogP contribution in [0.25, 0.3) is 11.4 Å². The molecule has 0 bridgehead atoms. The van der Waals surface area contributed by atoms with Gasteiger partial charge < -0.3 is 26.1 Å². The SMILES string of the molecule is COc1c(F)cccc1Nc1c(-c2nc(N)ncc2F)[nH]c2c1C(=O)NCC2. The molecule has 5 N–H and O–H groups in total. The van der Waals surface area contributed by atoms with E-state index in [1.807, 2.05) is 0 Å². The first kappa shape index (κ1) is 17.7. The van der Waals surface area contributed by atoms with Gasteiger partial charge in [0.1, 0.15) is 5.69 Å². The molecule has 2 aromatic heterocycles. The fourth-order valence-electron chi connectivity index (χ4n) is 3.19. The lowest BCUT2D eigenvalue weighted by molar-refractivity contribution is 0.0947. The third-order valence-electron chi connectivity index (χ3n) is 4.40. The second-order valence-corrected chi connectivity index (χ2v) is 6.10. The first-order valence-corrected chi connectivity index (χ1v) is 8.40. The van der Waals surface area contributed by atoms with Crippen LogP contribution >= 0.6 is 0 Å². The Morgan fingerprint density at radius 3 is 2.89 bits per heavy atom. The van der Waals surface area contributed by atoms with Gasteiger partial charge in [-0.1, -0.05) is 6.07 Å². The summed E-state index contributed by atoms with van der Waals surface area (Å²) in [5, 5.41) is 5.73. The van der Waals surface area contributed by atoms with Gasteiger partial charge in [-0.05, 0) is 12.1 Å². The van der Waals surface area contributed by atoms with Crippen molar-refractivity contribution in [1.29, 1.82) is 0 Å². The fourth-order valence-corrected chi connectivity index (χ4v) is 3.19. The molecular formula is C18H16F2N6O2. The van der Waals surface area contributed by atoms with Crippen LogP contribution in [0.4, 0.5) is 26.1 Å². The van der Waals surface area contributed by atoms with Crippen molar-refractivity contribution in [3.8, 4) is 17.1 Å². The summed E-state index contributed by atoms with van der Waals surface area (Å²) in [7, 11) is 1.33. The lowest BCUT2D eigenvalue weighted by Crippen LogP contribution is -2.31. The Bertz CT molecular complexity index is 1080. The first-order valence-electron chi connectivity index (χ1n) is 8.40. The van der Waals surface area contributed by atoms with E-state index in [0.29, 0.717) is 24.2 Å². The van der Waals surface area contributed by atoms with Crippen LogP contribution in [0.2, 0.25) is 0 Å². The zero-order valence-electron chi connectivity index (χ0n) is 14.8. The zero-order valence-corrected chi connectivity index (χ0v) is 14.8. The number of hydrogen-bond donors (Lipinski definition) is 4. The Labute approximate surface area is 158 Å². The minimum atomic E-state index is -0.720. The van der Waals surface area contributed by atoms with Gasteiger partial charge in [-0.25, -0.2) is 18.7 Å². The van der Waals surface area contributed by atoms with E-state index in [2.05, 4.69) is 25.6 Å². The van der Waals surface area contributed by atoms with Gasteiger partial charge in [-0.2, -0.15) is 0 Å². The molecule has 144 valence electrons. The van der Waals surface area contributed by atoms with Crippen molar-refractivity contribution in [3.05, 3.63) is 47.3 Å². The predicted molar refractivity (Wildman–Crippen MR) is 98.5 cm³/mol. The maximum absolute atomic E-state index is 14.4. The number of nitrogens with one attached hydrogen (secondary N) is 3. The number of nitrogen functional groups attached to an aromatic ring is 1. The second kappa shape index (κ2) is 6.80. The van der Waals surface area contributed by atoms with Crippen LogP contribution in [0.1, 0.15) is 16.1 Å². The maximum Gasteiger partial charge on any atom is 0.255 e. The standard InChI is InChI=1S/C18H16F2N6O2/c1-28-16-8(19)3-2-4-11(16)25-14-12-10(5-6-22-17(12)27)24-15(14)13-9(20)7-23-18(21)26-13/h2-4,7,24-25H,5-6H2,1H3,(H,22,27)(H2,21,23,26). The van der Waals surface area contributed by atoms with Crippen LogP contribution in [0.5, 0.6) is 5.75 Å². The molecule has 8 nitrogen and oxygen atoms in total. The highest BCUT2D eigenvalue weighted by Crippen LogP contribution is 2.39. The summed E-state index contributed by atoms with van der Waals surface area (Å²) in [6, 6.07) is 4.31. The fraction of sp³-hybridized carbons (Fsp3) is 0.167. The van der Waals surface area contributed by atoms with E-state index in [9.17, 15) is 13.6 Å². The van der Waals surface area contributed by atoms with Gasteiger partial charge in [0.05, 0.1) is 35.9 Å². The topological polar surface area (TPSA) is 118 Å². The number of benzene rings is 1. The van der Waals surface area contributed by atoms with Gasteiger partial charge in [0.2, 0.25) is 5.95 Å². The number of ether oxygens (including phenoxy) is 1. The van der Waals surface area contributed by atoms with Crippen molar-refractivity contribution in [2.45, 2.75) is 6.42 Å². The molecule has 0 fully saturated rings. The van der Waals surface area contributed by atoms with E-state index in [0.717, 1.165) is 6.20 Å². The van der Waals surface area contributed by atoms with Crippen molar-refractivity contribution in [1.82, 2.24) is 20.3 Å². The van der Waals surface area contributed by atoms with Crippen molar-refractivity contribution in [2.24, 2.45) is 0 Å². The number of para-hydroxylation sites is 1. The summed E-state index contributed by atoms with van der Waals surface area (Å²) in [6.45, 7) is 0.433. The summed E-state index contributed by atoms with van der Waals surface area (Å²) in [6.07, 6.45) is 1.46. The van der Waals surface area contributed by atoms with Crippen LogP contribution in [0, 0.1) is 11.6 Å². The van der Waals surface area contributed by atoms with Gasteiger partial charge in [0.25, 0.3) is 5.91 Å². The number of halogens is 2. The molecule has 1 aliphatic rings. The third-order valence-corrected chi connectivity index (χ3v) is 4.40. The number of H-pyrrole nitrogens is 1. The number of fused-ring (bicyclic) bond motifs is 1. The van der Waals surface area contributed by atoms with E-state index in [-0.39, 0.29) is 40.4 Å². The molecule has 0 aliphatic carbocycles.